The topological polar surface area (TPSA) is 4.93 Å². The molecule has 1 nitrogen and oxygen atoms in total. The summed E-state index contributed by atoms with van der Waals surface area (Å²) in [5, 5.41) is 1.55. The predicted octanol–water partition coefficient (Wildman–Crippen LogP) is 1.94. The summed E-state index contributed by atoms with van der Waals surface area (Å²) in [5.74, 6) is -1.05. The molecule has 2 aromatic rings. The lowest BCUT2D eigenvalue weighted by Crippen LogP contribution is -2.25. The zero-order chi connectivity index (χ0) is 12.6. The van der Waals surface area contributed by atoms with Crippen LogP contribution >= 0.6 is 0 Å². The second-order valence-corrected chi connectivity index (χ2v) is 4.09. The molecule has 0 radical (unpaired) electrons. The third-order valence-corrected chi connectivity index (χ3v) is 2.84. The maximum atomic E-state index is 13.4. The summed E-state index contributed by atoms with van der Waals surface area (Å²) in [4.78, 5) is 0. The molecule has 17 heavy (non-hydrogen) atoms. The molecule has 0 unspecified atom stereocenters. The monoisotopic (exact) mass is 233 g/mol. The second-order valence-electron chi connectivity index (χ2n) is 4.09. The van der Waals surface area contributed by atoms with E-state index in [2.05, 4.69) is 13.2 Å². The molecule has 1 aromatic heterocycles. The van der Waals surface area contributed by atoms with E-state index in [-0.39, 0.29) is 5.56 Å². The zero-order valence-corrected chi connectivity index (χ0v) is 9.63. The third kappa shape index (κ3) is 2.13. The molecule has 0 aliphatic carbocycles. The minimum Gasteiger partial charge on any atom is -0.338 e. The van der Waals surface area contributed by atoms with E-state index in [9.17, 15) is 8.78 Å². The average Bonchev–Trinajstić information content (AvgIpc) is 2.57. The first-order chi connectivity index (χ1) is 7.99. The van der Waals surface area contributed by atoms with E-state index in [0.29, 0.717) is 12.1 Å². The maximum absolute atomic E-state index is 13.4. The van der Waals surface area contributed by atoms with Crippen LogP contribution in [-0.2, 0) is 6.54 Å². The Labute approximate surface area is 98.3 Å². The van der Waals surface area contributed by atoms with Gasteiger partial charge in [-0.05, 0) is 36.8 Å². The molecule has 0 bridgehead atoms. The van der Waals surface area contributed by atoms with Crippen molar-refractivity contribution in [1.82, 2.24) is 4.57 Å². The second kappa shape index (κ2) is 4.17. The van der Waals surface area contributed by atoms with Gasteiger partial charge >= 0.3 is 0 Å². The van der Waals surface area contributed by atoms with Crippen molar-refractivity contribution >= 4 is 13.2 Å². The summed E-state index contributed by atoms with van der Waals surface area (Å²) < 4.78 is 28.6. The van der Waals surface area contributed by atoms with Crippen LogP contribution in [0, 0.1) is 18.6 Å². The van der Waals surface area contributed by atoms with Crippen molar-refractivity contribution in [3.8, 4) is 0 Å². The fourth-order valence-electron chi connectivity index (χ4n) is 1.73. The molecule has 0 fully saturated rings. The molecular weight excluding hydrogens is 220 g/mol. The molecule has 0 atom stereocenters. The van der Waals surface area contributed by atoms with Crippen LogP contribution in [0.15, 0.2) is 24.3 Å². The van der Waals surface area contributed by atoms with Gasteiger partial charge in [0.05, 0.1) is 0 Å². The van der Waals surface area contributed by atoms with Gasteiger partial charge in [-0.15, -0.1) is 0 Å². The fourth-order valence-corrected chi connectivity index (χ4v) is 1.73. The number of aromatic nitrogens is 1. The minimum atomic E-state index is -0.525. The van der Waals surface area contributed by atoms with Gasteiger partial charge in [0.2, 0.25) is 0 Å². The van der Waals surface area contributed by atoms with Gasteiger partial charge in [0.25, 0.3) is 0 Å². The Morgan fingerprint density at radius 1 is 1.06 bits per heavy atom. The van der Waals surface area contributed by atoms with E-state index in [1.165, 1.54) is 19.1 Å². The van der Waals surface area contributed by atoms with Gasteiger partial charge in [-0.3, -0.25) is 0 Å². The Balaban J connectivity index is 2.44. The highest BCUT2D eigenvalue weighted by atomic mass is 19.1. The fraction of sp³-hybridized carbons (Fsp3) is 0.143. The number of nitrogens with zero attached hydrogens (tertiary/aromatic N) is 1. The van der Waals surface area contributed by atoms with Crippen LogP contribution in [0.5, 0.6) is 0 Å². The Kier molecular flexibility index (Phi) is 2.84. The highest BCUT2D eigenvalue weighted by Crippen LogP contribution is 2.14. The van der Waals surface area contributed by atoms with Crippen LogP contribution in [0.3, 0.4) is 0 Å². The summed E-state index contributed by atoms with van der Waals surface area (Å²) >= 11 is 0. The molecule has 0 spiro atoms. The van der Waals surface area contributed by atoms with Crippen LogP contribution in [0.2, 0.25) is 0 Å². The number of rotatable bonds is 2. The third-order valence-electron chi connectivity index (χ3n) is 2.84. The van der Waals surface area contributed by atoms with E-state index in [1.807, 2.05) is 16.7 Å². The Morgan fingerprint density at radius 2 is 1.53 bits per heavy atom. The number of benzene rings is 1. The molecule has 3 heteroatoms. The molecule has 2 rings (SSSR count). The van der Waals surface area contributed by atoms with Crippen LogP contribution in [0.25, 0.3) is 13.2 Å². The van der Waals surface area contributed by atoms with E-state index in [1.54, 1.807) is 0 Å². The van der Waals surface area contributed by atoms with Gasteiger partial charge in [-0.25, -0.2) is 8.78 Å². The summed E-state index contributed by atoms with van der Waals surface area (Å²) in [6, 6.07) is 6.33. The maximum Gasteiger partial charge on any atom is 0.129 e. The Bertz CT molecular complexity index is 605. The van der Waals surface area contributed by atoms with E-state index in [0.717, 1.165) is 10.7 Å². The summed E-state index contributed by atoms with van der Waals surface area (Å²) in [6.45, 7) is 9.46. The average molecular weight is 233 g/mol. The van der Waals surface area contributed by atoms with Gasteiger partial charge in [0.1, 0.15) is 11.6 Å². The number of halogens is 2. The van der Waals surface area contributed by atoms with Gasteiger partial charge in [0, 0.05) is 22.8 Å². The minimum absolute atomic E-state index is 0.0472. The molecule has 0 saturated heterocycles. The molecule has 0 aliphatic heterocycles. The smallest absolute Gasteiger partial charge is 0.129 e. The van der Waals surface area contributed by atoms with Crippen LogP contribution in [0.1, 0.15) is 11.1 Å². The normalized spacial score (nSPS) is 10.8. The van der Waals surface area contributed by atoms with Crippen molar-refractivity contribution in [2.24, 2.45) is 0 Å². The highest BCUT2D eigenvalue weighted by Gasteiger charge is 2.07. The molecule has 0 saturated carbocycles. The van der Waals surface area contributed by atoms with Crippen molar-refractivity contribution < 1.29 is 8.78 Å². The van der Waals surface area contributed by atoms with Crippen molar-refractivity contribution in [1.29, 1.82) is 0 Å². The molecular formula is C14H13F2N. The summed E-state index contributed by atoms with van der Waals surface area (Å²) in [6.07, 6.45) is 0. The largest absolute Gasteiger partial charge is 0.338 e. The van der Waals surface area contributed by atoms with Gasteiger partial charge in [0.15, 0.2) is 0 Å². The van der Waals surface area contributed by atoms with Gasteiger partial charge in [-0.1, -0.05) is 13.2 Å². The molecule has 0 amide bonds. The number of hydrogen-bond acceptors (Lipinski definition) is 0. The molecule has 0 N–H and O–H groups in total. The standard InChI is InChI=1S/C14H13F2N/c1-9-4-5-10(2)17(9)8-12-6-13(15)11(3)14(16)7-12/h4-7H,1-2,8H2,3H3. The summed E-state index contributed by atoms with van der Waals surface area (Å²) in [7, 11) is 0. The van der Waals surface area contributed by atoms with E-state index >= 15 is 0 Å². The predicted molar refractivity (Wildman–Crippen MR) is 64.9 cm³/mol. The Morgan fingerprint density at radius 3 is 2.00 bits per heavy atom. The summed E-state index contributed by atoms with van der Waals surface area (Å²) in [5.41, 5.74) is 0.613. The first kappa shape index (κ1) is 11.6. The van der Waals surface area contributed by atoms with Crippen molar-refractivity contribution in [3.63, 3.8) is 0 Å². The lowest BCUT2D eigenvalue weighted by Gasteiger charge is -2.07. The van der Waals surface area contributed by atoms with E-state index < -0.39 is 11.6 Å². The molecule has 1 aromatic carbocycles. The quantitative estimate of drug-likeness (QED) is 0.747. The van der Waals surface area contributed by atoms with Crippen molar-refractivity contribution in [3.05, 3.63) is 57.7 Å². The van der Waals surface area contributed by atoms with Crippen LogP contribution in [0.4, 0.5) is 8.78 Å². The van der Waals surface area contributed by atoms with Crippen molar-refractivity contribution in [2.75, 3.05) is 0 Å². The van der Waals surface area contributed by atoms with Crippen LogP contribution < -0.4 is 10.7 Å². The Hall–Kier alpha value is -1.90. The lowest BCUT2D eigenvalue weighted by atomic mass is 10.1. The first-order valence-electron chi connectivity index (χ1n) is 5.27. The number of hydrogen-bond donors (Lipinski definition) is 0. The zero-order valence-electron chi connectivity index (χ0n) is 9.63. The van der Waals surface area contributed by atoms with Gasteiger partial charge in [-0.2, -0.15) is 0 Å². The van der Waals surface area contributed by atoms with Crippen LogP contribution in [-0.4, -0.2) is 4.57 Å². The first-order valence-corrected chi connectivity index (χ1v) is 5.27. The van der Waals surface area contributed by atoms with E-state index in [4.69, 9.17) is 0 Å². The highest BCUT2D eigenvalue weighted by molar-refractivity contribution is 5.26. The molecule has 0 aliphatic rings. The molecule has 1 heterocycles. The SMILES string of the molecule is C=c1ccc(=C)n1Cc1cc(F)c(C)c(F)c1. The molecule has 88 valence electrons. The van der Waals surface area contributed by atoms with Gasteiger partial charge < -0.3 is 4.57 Å². The van der Waals surface area contributed by atoms with Crippen molar-refractivity contribution in [2.45, 2.75) is 13.5 Å². The lowest BCUT2D eigenvalue weighted by molar-refractivity contribution is 0.562.